The lowest BCUT2D eigenvalue weighted by Crippen LogP contribution is -2.22. The molecule has 0 bridgehead atoms. The first-order chi connectivity index (χ1) is 14.6. The summed E-state index contributed by atoms with van der Waals surface area (Å²) in [5.74, 6) is -0.267. The number of nitro benzene ring substituents is 1. The predicted octanol–water partition coefficient (Wildman–Crippen LogP) is 6.78. The van der Waals surface area contributed by atoms with Gasteiger partial charge in [0.15, 0.2) is 4.80 Å². The molecule has 0 amide bonds. The van der Waals surface area contributed by atoms with E-state index in [9.17, 15) is 14.5 Å². The van der Waals surface area contributed by atoms with Gasteiger partial charge in [0.25, 0.3) is 5.69 Å². The zero-order chi connectivity index (χ0) is 20.9. The first-order valence-corrected chi connectivity index (χ1v) is 11.3. The van der Waals surface area contributed by atoms with Crippen LogP contribution in [0, 0.1) is 15.9 Å². The van der Waals surface area contributed by atoms with E-state index in [-0.39, 0.29) is 17.5 Å². The van der Waals surface area contributed by atoms with Crippen LogP contribution in [0.3, 0.4) is 0 Å². The van der Waals surface area contributed by atoms with Gasteiger partial charge in [-0.15, -0.1) is 11.3 Å². The topological polar surface area (TPSA) is 60.4 Å². The minimum absolute atomic E-state index is 0.00144. The Morgan fingerprint density at radius 2 is 1.67 bits per heavy atom. The molecule has 0 N–H and O–H groups in total. The molecule has 3 aromatic rings. The van der Waals surface area contributed by atoms with E-state index in [2.05, 4.69) is 4.57 Å². The number of benzene rings is 2. The zero-order valence-electron chi connectivity index (χ0n) is 16.7. The van der Waals surface area contributed by atoms with Gasteiger partial charge in [0, 0.05) is 17.5 Å². The van der Waals surface area contributed by atoms with Crippen molar-refractivity contribution in [1.82, 2.24) is 4.57 Å². The molecule has 1 fully saturated rings. The summed E-state index contributed by atoms with van der Waals surface area (Å²) in [5.41, 5.74) is 2.27. The summed E-state index contributed by atoms with van der Waals surface area (Å²) in [4.78, 5) is 16.5. The number of para-hydroxylation sites is 2. The Hall–Kier alpha value is -2.80. The van der Waals surface area contributed by atoms with Gasteiger partial charge in [-0.3, -0.25) is 10.1 Å². The second-order valence-corrected chi connectivity index (χ2v) is 8.47. The Balaban J connectivity index is 1.86. The van der Waals surface area contributed by atoms with Crippen LogP contribution in [0.4, 0.5) is 15.8 Å². The molecule has 7 heteroatoms. The van der Waals surface area contributed by atoms with Crippen molar-refractivity contribution in [2.75, 3.05) is 0 Å². The molecule has 156 valence electrons. The quantitative estimate of drug-likeness (QED) is 0.342. The summed E-state index contributed by atoms with van der Waals surface area (Å²) >= 11 is 1.48. The Kier molecular flexibility index (Phi) is 6.38. The molecule has 0 unspecified atom stereocenters. The fraction of sp³-hybridized carbons (Fsp3) is 0.348. The molecule has 30 heavy (non-hydrogen) atoms. The van der Waals surface area contributed by atoms with Crippen LogP contribution >= 0.6 is 11.3 Å². The number of nitrogens with zero attached hydrogens (tertiary/aromatic N) is 3. The number of nitro groups is 1. The van der Waals surface area contributed by atoms with Gasteiger partial charge in [-0.25, -0.2) is 9.38 Å². The molecular formula is C23H24FN3O2S. The predicted molar refractivity (Wildman–Crippen MR) is 117 cm³/mol. The Morgan fingerprint density at radius 1 is 1.00 bits per heavy atom. The van der Waals surface area contributed by atoms with Crippen LogP contribution < -0.4 is 4.80 Å². The molecule has 1 aromatic heterocycles. The highest BCUT2D eigenvalue weighted by Crippen LogP contribution is 2.32. The third-order valence-corrected chi connectivity index (χ3v) is 6.46. The largest absolute Gasteiger partial charge is 0.313 e. The fourth-order valence-electron chi connectivity index (χ4n) is 4.09. The Morgan fingerprint density at radius 3 is 2.37 bits per heavy atom. The molecule has 1 saturated carbocycles. The number of rotatable bonds is 4. The van der Waals surface area contributed by atoms with E-state index in [0.29, 0.717) is 5.69 Å². The maximum Gasteiger partial charge on any atom is 0.294 e. The summed E-state index contributed by atoms with van der Waals surface area (Å²) < 4.78 is 15.7. The average molecular weight is 426 g/mol. The van der Waals surface area contributed by atoms with Gasteiger partial charge in [0.2, 0.25) is 0 Å². The summed E-state index contributed by atoms with van der Waals surface area (Å²) in [5, 5.41) is 13.5. The van der Waals surface area contributed by atoms with Crippen molar-refractivity contribution in [3.05, 3.63) is 74.6 Å². The van der Waals surface area contributed by atoms with Crippen LogP contribution in [-0.4, -0.2) is 9.49 Å². The van der Waals surface area contributed by atoms with Crippen molar-refractivity contribution in [2.24, 2.45) is 4.99 Å². The molecule has 0 spiro atoms. The molecule has 1 aliphatic rings. The van der Waals surface area contributed by atoms with Crippen molar-refractivity contribution in [2.45, 2.75) is 51.0 Å². The number of hydrogen-bond acceptors (Lipinski definition) is 4. The number of hydrogen-bond donors (Lipinski definition) is 0. The molecule has 0 saturated heterocycles. The van der Waals surface area contributed by atoms with Crippen LogP contribution in [0.5, 0.6) is 0 Å². The van der Waals surface area contributed by atoms with Crippen LogP contribution in [0.15, 0.2) is 58.9 Å². The van der Waals surface area contributed by atoms with E-state index in [4.69, 9.17) is 4.99 Å². The van der Waals surface area contributed by atoms with E-state index in [0.717, 1.165) is 41.7 Å². The molecule has 5 nitrogen and oxygen atoms in total. The first-order valence-electron chi connectivity index (χ1n) is 10.4. The third-order valence-electron chi connectivity index (χ3n) is 5.62. The second-order valence-electron chi connectivity index (χ2n) is 7.64. The Labute approximate surface area is 178 Å². The lowest BCUT2D eigenvalue weighted by atomic mass is 9.96. The molecule has 0 atom stereocenters. The van der Waals surface area contributed by atoms with Gasteiger partial charge in [-0.1, -0.05) is 44.2 Å². The normalized spacial score (nSPS) is 16.2. The SMILES string of the molecule is O=[N+]([O-])c1ccccc1N=c1scc(-c2ccc(F)cc2)n1C1CCCCCCC1. The van der Waals surface area contributed by atoms with E-state index in [1.807, 2.05) is 5.38 Å². The summed E-state index contributed by atoms with van der Waals surface area (Å²) in [6, 6.07) is 13.3. The maximum atomic E-state index is 13.5. The van der Waals surface area contributed by atoms with E-state index < -0.39 is 4.92 Å². The second kappa shape index (κ2) is 9.34. The lowest BCUT2D eigenvalue weighted by Gasteiger charge is -2.23. The van der Waals surface area contributed by atoms with E-state index in [1.54, 1.807) is 30.3 Å². The van der Waals surface area contributed by atoms with Crippen molar-refractivity contribution >= 4 is 22.7 Å². The van der Waals surface area contributed by atoms with Gasteiger partial charge in [0.1, 0.15) is 11.5 Å². The van der Waals surface area contributed by atoms with E-state index in [1.165, 1.54) is 48.8 Å². The van der Waals surface area contributed by atoms with Gasteiger partial charge in [0.05, 0.1) is 10.6 Å². The minimum atomic E-state index is -0.395. The van der Waals surface area contributed by atoms with Crippen LogP contribution in [0.25, 0.3) is 11.3 Å². The summed E-state index contributed by atoms with van der Waals surface area (Å²) in [6.45, 7) is 0. The number of halogens is 1. The zero-order valence-corrected chi connectivity index (χ0v) is 17.5. The lowest BCUT2D eigenvalue weighted by molar-refractivity contribution is -0.384. The number of aromatic nitrogens is 1. The highest BCUT2D eigenvalue weighted by Gasteiger charge is 2.20. The van der Waals surface area contributed by atoms with Crippen molar-refractivity contribution in [1.29, 1.82) is 0 Å². The standard InChI is InChI=1S/C23H24FN3O2S/c24-18-14-12-17(13-15-18)22-16-30-23(25-20-10-6-7-11-21(20)27(28)29)26(22)19-8-4-2-1-3-5-9-19/h6-7,10-16,19H,1-5,8-9H2. The molecule has 2 aromatic carbocycles. The third kappa shape index (κ3) is 4.51. The van der Waals surface area contributed by atoms with E-state index >= 15 is 0 Å². The van der Waals surface area contributed by atoms with Gasteiger partial charge < -0.3 is 4.57 Å². The fourth-order valence-corrected chi connectivity index (χ4v) is 5.07. The summed E-state index contributed by atoms with van der Waals surface area (Å²) in [7, 11) is 0. The van der Waals surface area contributed by atoms with Crippen LogP contribution in [0.1, 0.15) is 51.0 Å². The van der Waals surface area contributed by atoms with Crippen molar-refractivity contribution in [3.63, 3.8) is 0 Å². The molecular weight excluding hydrogens is 401 g/mol. The molecule has 1 aliphatic carbocycles. The van der Waals surface area contributed by atoms with Gasteiger partial charge >= 0.3 is 0 Å². The number of thiazole rings is 1. The summed E-state index contributed by atoms with van der Waals surface area (Å²) in [6.07, 6.45) is 8.14. The van der Waals surface area contributed by atoms with Gasteiger partial charge in [-0.2, -0.15) is 0 Å². The Bertz CT molecular complexity index is 1080. The molecule has 0 aliphatic heterocycles. The highest BCUT2D eigenvalue weighted by molar-refractivity contribution is 7.07. The van der Waals surface area contributed by atoms with Crippen LogP contribution in [0.2, 0.25) is 0 Å². The highest BCUT2D eigenvalue weighted by atomic mass is 32.1. The van der Waals surface area contributed by atoms with Crippen LogP contribution in [-0.2, 0) is 0 Å². The monoisotopic (exact) mass is 425 g/mol. The minimum Gasteiger partial charge on any atom is -0.313 e. The van der Waals surface area contributed by atoms with Crippen molar-refractivity contribution in [3.8, 4) is 11.3 Å². The molecule has 1 heterocycles. The first kappa shape index (κ1) is 20.5. The van der Waals surface area contributed by atoms with Gasteiger partial charge in [-0.05, 0) is 48.7 Å². The van der Waals surface area contributed by atoms with Crippen molar-refractivity contribution < 1.29 is 9.31 Å². The molecule has 0 radical (unpaired) electrons. The maximum absolute atomic E-state index is 13.5. The molecule has 4 rings (SSSR count). The average Bonchev–Trinajstić information content (AvgIpc) is 3.12. The smallest absolute Gasteiger partial charge is 0.294 e.